The van der Waals surface area contributed by atoms with E-state index in [1.165, 1.54) is 16.2 Å². The smallest absolute Gasteiger partial charge is 0.504 e. The quantitative estimate of drug-likeness (QED) is 0.533. The maximum atomic E-state index is 8.74. The van der Waals surface area contributed by atoms with E-state index < -0.39 is 0 Å². The van der Waals surface area contributed by atoms with Gasteiger partial charge in [-0.25, -0.2) is 0 Å². The van der Waals surface area contributed by atoms with Gasteiger partial charge in [0.25, 0.3) is 0 Å². The van der Waals surface area contributed by atoms with Crippen molar-refractivity contribution < 1.29 is 9.68 Å². The van der Waals surface area contributed by atoms with Crippen LogP contribution in [0.25, 0.3) is 21.5 Å². The molecule has 0 spiro atoms. The SMILES string of the molecule is OBOc1ccc2cc3ccccc3cc2c1. The fraction of sp³-hybridized carbons (Fsp3) is 0. The Morgan fingerprint density at radius 3 is 2.12 bits per heavy atom. The third-order valence-electron chi connectivity index (χ3n) is 2.91. The highest BCUT2D eigenvalue weighted by Crippen LogP contribution is 2.25. The van der Waals surface area contributed by atoms with Gasteiger partial charge in [0.2, 0.25) is 0 Å². The Hall–Kier alpha value is -2.00. The molecule has 1 N–H and O–H groups in total. The van der Waals surface area contributed by atoms with Crippen molar-refractivity contribution in [1.82, 2.24) is 0 Å². The number of hydrogen-bond acceptors (Lipinski definition) is 2. The highest BCUT2D eigenvalue weighted by atomic mass is 16.5. The third-order valence-corrected chi connectivity index (χ3v) is 2.91. The summed E-state index contributed by atoms with van der Waals surface area (Å²) in [6.45, 7) is 0. The van der Waals surface area contributed by atoms with E-state index in [0.717, 1.165) is 5.39 Å². The summed E-state index contributed by atoms with van der Waals surface area (Å²) in [6.07, 6.45) is 0. The lowest BCUT2D eigenvalue weighted by Gasteiger charge is -2.05. The summed E-state index contributed by atoms with van der Waals surface area (Å²) in [5.41, 5.74) is 0. The van der Waals surface area contributed by atoms with Crippen LogP contribution >= 0.6 is 0 Å². The van der Waals surface area contributed by atoms with Gasteiger partial charge in [-0.05, 0) is 45.8 Å². The molecule has 0 aliphatic carbocycles. The first kappa shape index (κ1) is 10.2. The van der Waals surface area contributed by atoms with Crippen molar-refractivity contribution >= 4 is 29.2 Å². The molecule has 0 bridgehead atoms. The molecule has 0 fully saturated rings. The summed E-state index contributed by atoms with van der Waals surface area (Å²) < 4.78 is 5.08. The van der Waals surface area contributed by atoms with E-state index in [-0.39, 0.29) is 7.69 Å². The zero-order chi connectivity index (χ0) is 11.7. The zero-order valence-corrected chi connectivity index (χ0v) is 9.26. The summed E-state index contributed by atoms with van der Waals surface area (Å²) in [6, 6.07) is 18.4. The van der Waals surface area contributed by atoms with Crippen LogP contribution in [0.5, 0.6) is 5.75 Å². The van der Waals surface area contributed by atoms with Crippen LogP contribution in [0, 0.1) is 0 Å². The number of rotatable bonds is 2. The normalized spacial score (nSPS) is 10.6. The van der Waals surface area contributed by atoms with Gasteiger partial charge in [-0.3, -0.25) is 0 Å². The van der Waals surface area contributed by atoms with Crippen molar-refractivity contribution in [3.05, 3.63) is 54.6 Å². The van der Waals surface area contributed by atoms with Crippen LogP contribution in [0.1, 0.15) is 0 Å². The van der Waals surface area contributed by atoms with E-state index in [2.05, 4.69) is 24.3 Å². The van der Waals surface area contributed by atoms with Crippen LogP contribution < -0.4 is 4.65 Å². The highest BCUT2D eigenvalue weighted by molar-refractivity contribution is 6.17. The molecule has 0 amide bonds. The Morgan fingerprint density at radius 2 is 1.41 bits per heavy atom. The lowest BCUT2D eigenvalue weighted by Crippen LogP contribution is -1.99. The third kappa shape index (κ3) is 1.85. The zero-order valence-electron chi connectivity index (χ0n) is 9.26. The van der Waals surface area contributed by atoms with Gasteiger partial charge in [0, 0.05) is 0 Å². The monoisotopic (exact) mass is 222 g/mol. The van der Waals surface area contributed by atoms with Crippen LogP contribution in [-0.2, 0) is 0 Å². The Bertz CT molecular complexity index is 679. The average molecular weight is 222 g/mol. The molecule has 0 atom stereocenters. The van der Waals surface area contributed by atoms with E-state index in [4.69, 9.17) is 9.68 Å². The molecular formula is C14H11BO2. The molecule has 2 nitrogen and oxygen atoms in total. The number of hydrogen-bond donors (Lipinski definition) is 1. The maximum absolute atomic E-state index is 8.74. The van der Waals surface area contributed by atoms with Gasteiger partial charge in [-0.2, -0.15) is 0 Å². The van der Waals surface area contributed by atoms with Crippen LogP contribution in [0.2, 0.25) is 0 Å². The summed E-state index contributed by atoms with van der Waals surface area (Å²) >= 11 is 0. The molecule has 3 aromatic carbocycles. The average Bonchev–Trinajstić information content (AvgIpc) is 2.36. The molecule has 82 valence electrons. The van der Waals surface area contributed by atoms with Gasteiger partial charge >= 0.3 is 7.69 Å². The molecular weight excluding hydrogens is 211 g/mol. The summed E-state index contributed by atoms with van der Waals surface area (Å²) in [5, 5.41) is 13.5. The molecule has 0 heterocycles. The second-order valence-electron chi connectivity index (χ2n) is 3.98. The van der Waals surface area contributed by atoms with Crippen molar-refractivity contribution in [1.29, 1.82) is 0 Å². The van der Waals surface area contributed by atoms with E-state index >= 15 is 0 Å². The number of benzene rings is 3. The lowest BCUT2D eigenvalue weighted by atomic mass is 10.0. The predicted molar refractivity (Wildman–Crippen MR) is 71.4 cm³/mol. The minimum absolute atomic E-state index is 0.293. The molecule has 0 saturated carbocycles. The molecule has 0 radical (unpaired) electrons. The van der Waals surface area contributed by atoms with Gasteiger partial charge in [0.15, 0.2) is 0 Å². The van der Waals surface area contributed by atoms with Crippen LogP contribution in [0.4, 0.5) is 0 Å². The van der Waals surface area contributed by atoms with E-state index in [0.29, 0.717) is 5.75 Å². The van der Waals surface area contributed by atoms with Crippen molar-refractivity contribution in [2.75, 3.05) is 0 Å². The van der Waals surface area contributed by atoms with Crippen molar-refractivity contribution in [2.24, 2.45) is 0 Å². The molecule has 3 rings (SSSR count). The predicted octanol–water partition coefficient (Wildman–Crippen LogP) is 2.63. The van der Waals surface area contributed by atoms with Gasteiger partial charge < -0.3 is 9.68 Å². The standard InChI is InChI=1S/C14H11BO2/c16-15-17-14-6-5-12-7-10-3-1-2-4-11(10)8-13(12)9-14/h1-9,15-16H. The Balaban J connectivity index is 2.25. The van der Waals surface area contributed by atoms with Crippen LogP contribution in [0.3, 0.4) is 0 Å². The van der Waals surface area contributed by atoms with E-state index in [1.54, 1.807) is 0 Å². The van der Waals surface area contributed by atoms with Crippen LogP contribution in [0.15, 0.2) is 54.6 Å². The van der Waals surface area contributed by atoms with Gasteiger partial charge in [0.1, 0.15) is 5.75 Å². The molecule has 0 aliphatic rings. The summed E-state index contributed by atoms with van der Waals surface area (Å²) in [4.78, 5) is 0. The van der Waals surface area contributed by atoms with Crippen LogP contribution in [-0.4, -0.2) is 12.7 Å². The molecule has 3 aromatic rings. The Labute approximate surface area is 99.8 Å². The molecule has 0 aromatic heterocycles. The molecule has 0 unspecified atom stereocenters. The Morgan fingerprint density at radius 1 is 0.765 bits per heavy atom. The van der Waals surface area contributed by atoms with Gasteiger partial charge in [-0.15, -0.1) is 0 Å². The molecule has 0 aliphatic heterocycles. The second kappa shape index (κ2) is 4.11. The topological polar surface area (TPSA) is 29.5 Å². The second-order valence-corrected chi connectivity index (χ2v) is 3.98. The summed E-state index contributed by atoms with van der Waals surface area (Å²) in [7, 11) is -0.293. The maximum Gasteiger partial charge on any atom is 0.504 e. The molecule has 17 heavy (non-hydrogen) atoms. The summed E-state index contributed by atoms with van der Waals surface area (Å²) in [5.74, 6) is 0.690. The fourth-order valence-electron chi connectivity index (χ4n) is 2.08. The first-order valence-electron chi connectivity index (χ1n) is 5.53. The largest absolute Gasteiger partial charge is 0.539 e. The van der Waals surface area contributed by atoms with Crippen molar-refractivity contribution in [3.8, 4) is 5.75 Å². The fourth-order valence-corrected chi connectivity index (χ4v) is 2.08. The first-order chi connectivity index (χ1) is 8.36. The molecule has 3 heteroatoms. The number of fused-ring (bicyclic) bond motifs is 2. The lowest BCUT2D eigenvalue weighted by molar-refractivity contribution is 0.454. The van der Waals surface area contributed by atoms with Crippen molar-refractivity contribution in [3.63, 3.8) is 0 Å². The van der Waals surface area contributed by atoms with Gasteiger partial charge in [0.05, 0.1) is 0 Å². The minimum atomic E-state index is -0.293. The minimum Gasteiger partial charge on any atom is -0.539 e. The van der Waals surface area contributed by atoms with E-state index in [9.17, 15) is 0 Å². The van der Waals surface area contributed by atoms with E-state index in [1.807, 2.05) is 30.3 Å². The van der Waals surface area contributed by atoms with Gasteiger partial charge in [-0.1, -0.05) is 30.3 Å². The molecule has 0 saturated heterocycles. The first-order valence-corrected chi connectivity index (χ1v) is 5.53. The Kier molecular flexibility index (Phi) is 2.46. The highest BCUT2D eigenvalue weighted by Gasteiger charge is 2.00. The van der Waals surface area contributed by atoms with Crippen molar-refractivity contribution in [2.45, 2.75) is 0 Å².